The van der Waals surface area contributed by atoms with Crippen LogP contribution in [-0.2, 0) is 0 Å². The summed E-state index contributed by atoms with van der Waals surface area (Å²) in [6.45, 7) is 5.29. The van der Waals surface area contributed by atoms with E-state index in [1.165, 1.54) is 19.3 Å². The highest BCUT2D eigenvalue weighted by atomic mass is 35.5. The molecule has 0 amide bonds. The molecule has 0 saturated carbocycles. The molecule has 1 aromatic heterocycles. The minimum Gasteiger partial charge on any atom is -0.338 e. The van der Waals surface area contributed by atoms with Crippen molar-refractivity contribution in [2.45, 2.75) is 39.2 Å². The van der Waals surface area contributed by atoms with Crippen molar-refractivity contribution >= 4 is 22.5 Å². The molecule has 1 atom stereocenters. The minimum atomic E-state index is -0.101. The molecule has 3 N–H and O–H groups in total. The second kappa shape index (κ2) is 6.86. The van der Waals surface area contributed by atoms with Gasteiger partial charge in [-0.2, -0.15) is 0 Å². The Bertz CT molecular complexity index is 639. The summed E-state index contributed by atoms with van der Waals surface area (Å²) in [4.78, 5) is 19.4. The lowest BCUT2D eigenvalue weighted by atomic mass is 10.2. The molecule has 1 heterocycles. The highest BCUT2D eigenvalue weighted by Gasteiger charge is 2.13. The normalized spacial score (nSPS) is 12.8. The van der Waals surface area contributed by atoms with E-state index >= 15 is 0 Å². The van der Waals surface area contributed by atoms with E-state index in [9.17, 15) is 4.79 Å². The monoisotopic (exact) mass is 294 g/mol. The van der Waals surface area contributed by atoms with E-state index < -0.39 is 0 Å². The fourth-order valence-corrected chi connectivity index (χ4v) is 2.39. The average molecular weight is 295 g/mol. The van der Waals surface area contributed by atoms with Crippen LogP contribution in [-0.4, -0.2) is 16.5 Å². The molecule has 0 spiro atoms. The average Bonchev–Trinajstić information content (AvgIpc) is 2.42. The number of nitrogens with one attached hydrogen (secondary N) is 1. The van der Waals surface area contributed by atoms with Gasteiger partial charge in [0.25, 0.3) is 5.56 Å². The molecule has 1 aromatic carbocycles. The predicted molar refractivity (Wildman–Crippen MR) is 82.1 cm³/mol. The summed E-state index contributed by atoms with van der Waals surface area (Å²) in [6.07, 6.45) is 3.64. The zero-order chi connectivity index (χ0) is 14.5. The Kier molecular flexibility index (Phi) is 5.15. The number of hydrogen-bond donors (Lipinski definition) is 2. The van der Waals surface area contributed by atoms with Gasteiger partial charge in [-0.15, -0.1) is 0 Å². The smallest absolute Gasteiger partial charge is 0.258 e. The van der Waals surface area contributed by atoms with Gasteiger partial charge in [-0.3, -0.25) is 4.79 Å². The molecule has 5 heteroatoms. The molecule has 0 radical (unpaired) electrons. The molecule has 108 valence electrons. The van der Waals surface area contributed by atoms with E-state index in [0.717, 1.165) is 6.54 Å². The van der Waals surface area contributed by atoms with Crippen molar-refractivity contribution in [2.24, 2.45) is 0 Å². The van der Waals surface area contributed by atoms with Crippen LogP contribution in [0.5, 0.6) is 0 Å². The summed E-state index contributed by atoms with van der Waals surface area (Å²) in [5, 5.41) is 3.39. The van der Waals surface area contributed by atoms with Gasteiger partial charge in [0.2, 0.25) is 0 Å². The zero-order valence-corrected chi connectivity index (χ0v) is 12.7. The summed E-state index contributed by atoms with van der Waals surface area (Å²) < 4.78 is 0. The van der Waals surface area contributed by atoms with Gasteiger partial charge in [0, 0.05) is 5.02 Å². The van der Waals surface area contributed by atoms with Crippen molar-refractivity contribution in [3.63, 3.8) is 0 Å². The highest BCUT2D eigenvalue weighted by Crippen LogP contribution is 2.15. The number of hydrogen-bond acceptors (Lipinski definition) is 2. The molecule has 0 bridgehead atoms. The first kappa shape index (κ1) is 15.0. The molecular weight excluding hydrogens is 274 g/mol. The number of benzene rings is 1. The standard InChI is InChI=1S/C15H20ClN3O/c1-3-4-5-8-17-10(2)14-18-13-9-11(16)6-7-12(13)15(20)19-14/h6-7,9-10,17H,3-5,8H2,1-2H3,(H,18,19,20)/p+1/t10-/m1/s1. The fraction of sp³-hybridized carbons (Fsp3) is 0.467. The van der Waals surface area contributed by atoms with Crippen LogP contribution < -0.4 is 10.9 Å². The van der Waals surface area contributed by atoms with Crippen molar-refractivity contribution in [3.8, 4) is 0 Å². The quantitative estimate of drug-likeness (QED) is 0.804. The maximum absolute atomic E-state index is 12.0. The number of fused-ring (bicyclic) bond motifs is 1. The van der Waals surface area contributed by atoms with Crippen LogP contribution in [0.4, 0.5) is 0 Å². The molecular formula is C15H21ClN3O+. The zero-order valence-electron chi connectivity index (χ0n) is 11.9. The molecule has 0 aliphatic carbocycles. The Hall–Kier alpha value is -1.39. The van der Waals surface area contributed by atoms with Crippen LogP contribution in [0.1, 0.15) is 45.0 Å². The van der Waals surface area contributed by atoms with E-state index in [4.69, 9.17) is 11.6 Å². The first-order valence-corrected chi connectivity index (χ1v) is 7.52. The number of aromatic nitrogens is 2. The summed E-state index contributed by atoms with van der Waals surface area (Å²) in [7, 11) is 0. The van der Waals surface area contributed by atoms with Crippen molar-refractivity contribution in [2.75, 3.05) is 6.54 Å². The van der Waals surface area contributed by atoms with Crippen molar-refractivity contribution in [1.29, 1.82) is 0 Å². The van der Waals surface area contributed by atoms with Crippen molar-refractivity contribution in [1.82, 2.24) is 9.97 Å². The van der Waals surface area contributed by atoms with Gasteiger partial charge >= 0.3 is 0 Å². The number of rotatable bonds is 6. The van der Waals surface area contributed by atoms with Gasteiger partial charge in [0.1, 0.15) is 6.04 Å². The van der Waals surface area contributed by atoms with Crippen molar-refractivity contribution < 1.29 is 5.32 Å². The van der Waals surface area contributed by atoms with Crippen LogP contribution in [0.2, 0.25) is 5.02 Å². The number of quaternary nitrogens is 1. The van der Waals surface area contributed by atoms with Gasteiger partial charge in [0.15, 0.2) is 5.82 Å². The molecule has 4 nitrogen and oxygen atoms in total. The van der Waals surface area contributed by atoms with Gasteiger partial charge < -0.3 is 10.3 Å². The first-order chi connectivity index (χ1) is 9.61. The number of nitrogens with zero attached hydrogens (tertiary/aromatic N) is 1. The third kappa shape index (κ3) is 3.58. The third-order valence-electron chi connectivity index (χ3n) is 3.45. The maximum atomic E-state index is 12.0. The first-order valence-electron chi connectivity index (χ1n) is 7.14. The van der Waals surface area contributed by atoms with Crippen LogP contribution >= 0.6 is 11.6 Å². The van der Waals surface area contributed by atoms with Crippen LogP contribution in [0, 0.1) is 0 Å². The minimum absolute atomic E-state index is 0.101. The number of H-pyrrole nitrogens is 1. The molecule has 0 aliphatic heterocycles. The Morgan fingerprint density at radius 2 is 2.20 bits per heavy atom. The lowest BCUT2D eigenvalue weighted by Gasteiger charge is -2.10. The number of unbranched alkanes of at least 4 members (excludes halogenated alkanes) is 2. The molecule has 0 saturated heterocycles. The molecule has 2 rings (SSSR count). The van der Waals surface area contributed by atoms with E-state index in [1.807, 2.05) is 0 Å². The summed E-state index contributed by atoms with van der Waals surface area (Å²) in [5.74, 6) is 0.710. The Labute approximate surface area is 123 Å². The van der Waals surface area contributed by atoms with Gasteiger partial charge in [-0.05, 0) is 38.0 Å². The maximum Gasteiger partial charge on any atom is 0.258 e. The lowest BCUT2D eigenvalue weighted by Crippen LogP contribution is -2.85. The number of aromatic amines is 1. The van der Waals surface area contributed by atoms with Crippen LogP contribution in [0.25, 0.3) is 10.9 Å². The predicted octanol–water partition coefficient (Wildman–Crippen LogP) is 2.39. The molecule has 0 fully saturated rings. The van der Waals surface area contributed by atoms with Gasteiger partial charge in [0.05, 0.1) is 17.4 Å². The third-order valence-corrected chi connectivity index (χ3v) is 3.68. The SMILES string of the molecule is CCCCC[NH2+][C@H](C)c1nc2cc(Cl)ccc2c(=O)[nH]1. The van der Waals surface area contributed by atoms with Crippen molar-refractivity contribution in [3.05, 3.63) is 39.4 Å². The summed E-state index contributed by atoms with van der Waals surface area (Å²) in [6, 6.07) is 5.30. The van der Waals surface area contributed by atoms with E-state index in [0.29, 0.717) is 21.7 Å². The van der Waals surface area contributed by atoms with E-state index in [-0.39, 0.29) is 11.6 Å². The lowest BCUT2D eigenvalue weighted by molar-refractivity contribution is -0.694. The van der Waals surface area contributed by atoms with Crippen LogP contribution in [0.15, 0.2) is 23.0 Å². The number of halogens is 1. The molecule has 2 aromatic rings. The molecule has 0 unspecified atom stereocenters. The van der Waals surface area contributed by atoms with Crippen LogP contribution in [0.3, 0.4) is 0 Å². The van der Waals surface area contributed by atoms with E-state index in [1.54, 1.807) is 18.2 Å². The highest BCUT2D eigenvalue weighted by molar-refractivity contribution is 6.31. The largest absolute Gasteiger partial charge is 0.338 e. The Balaban J connectivity index is 2.19. The van der Waals surface area contributed by atoms with Gasteiger partial charge in [-0.1, -0.05) is 24.9 Å². The molecule has 20 heavy (non-hydrogen) atoms. The van der Waals surface area contributed by atoms with E-state index in [2.05, 4.69) is 29.1 Å². The summed E-state index contributed by atoms with van der Waals surface area (Å²) in [5.41, 5.74) is 0.556. The second-order valence-corrected chi connectivity index (χ2v) is 5.57. The topological polar surface area (TPSA) is 62.4 Å². The van der Waals surface area contributed by atoms with Gasteiger partial charge in [-0.25, -0.2) is 4.98 Å². The molecule has 0 aliphatic rings. The number of nitrogens with two attached hydrogens (primary N) is 1. The summed E-state index contributed by atoms with van der Waals surface area (Å²) >= 11 is 5.96. The Morgan fingerprint density at radius 1 is 1.40 bits per heavy atom. The second-order valence-electron chi connectivity index (χ2n) is 5.13. The Morgan fingerprint density at radius 3 is 2.95 bits per heavy atom. The fourth-order valence-electron chi connectivity index (χ4n) is 2.22.